The predicted molar refractivity (Wildman–Crippen MR) is 73.5 cm³/mol. The molecule has 0 amide bonds. The van der Waals surface area contributed by atoms with Crippen LogP contribution < -0.4 is 0 Å². The highest BCUT2D eigenvalue weighted by molar-refractivity contribution is 7.99. The third-order valence-electron chi connectivity index (χ3n) is 2.79. The Morgan fingerprint density at radius 3 is 2.94 bits per heavy atom. The number of pyridine rings is 1. The topological polar surface area (TPSA) is 41.6 Å². The van der Waals surface area contributed by atoms with Gasteiger partial charge in [-0.3, -0.25) is 5.10 Å². The minimum Gasteiger partial charge on any atom is -0.276 e. The smallest absolute Gasteiger partial charge is 0.0971 e. The zero-order valence-electron chi connectivity index (χ0n) is 10.5. The SMILES string of the molecule is CCCCCc1nc(SCC)cc2cn[nH]c12. The van der Waals surface area contributed by atoms with Crippen molar-refractivity contribution >= 4 is 22.7 Å². The van der Waals surface area contributed by atoms with Crippen LogP contribution in [0.15, 0.2) is 17.3 Å². The summed E-state index contributed by atoms with van der Waals surface area (Å²) in [7, 11) is 0. The predicted octanol–water partition coefficient (Wildman–Crippen LogP) is 3.80. The number of unbranched alkanes of at least 4 members (excludes halogenated alkanes) is 2. The van der Waals surface area contributed by atoms with Crippen LogP contribution in [0.3, 0.4) is 0 Å². The first kappa shape index (κ1) is 12.4. The van der Waals surface area contributed by atoms with Crippen LogP contribution in [-0.2, 0) is 6.42 Å². The second-order valence-electron chi connectivity index (χ2n) is 4.13. The third kappa shape index (κ3) is 3.00. The monoisotopic (exact) mass is 249 g/mol. The van der Waals surface area contributed by atoms with Gasteiger partial charge in [0.25, 0.3) is 0 Å². The van der Waals surface area contributed by atoms with Gasteiger partial charge >= 0.3 is 0 Å². The largest absolute Gasteiger partial charge is 0.276 e. The summed E-state index contributed by atoms with van der Waals surface area (Å²) in [6.07, 6.45) is 6.65. The van der Waals surface area contributed by atoms with E-state index < -0.39 is 0 Å². The molecule has 0 fully saturated rings. The molecule has 17 heavy (non-hydrogen) atoms. The Kier molecular flexibility index (Phi) is 4.42. The summed E-state index contributed by atoms with van der Waals surface area (Å²) < 4.78 is 0. The first-order valence-electron chi connectivity index (χ1n) is 6.31. The molecule has 0 aliphatic heterocycles. The van der Waals surface area contributed by atoms with Gasteiger partial charge in [-0.15, -0.1) is 11.8 Å². The van der Waals surface area contributed by atoms with E-state index in [0.717, 1.165) is 22.7 Å². The van der Waals surface area contributed by atoms with Crippen molar-refractivity contribution in [2.75, 3.05) is 5.75 Å². The zero-order chi connectivity index (χ0) is 12.1. The Morgan fingerprint density at radius 1 is 1.29 bits per heavy atom. The van der Waals surface area contributed by atoms with E-state index in [4.69, 9.17) is 4.98 Å². The molecule has 0 aliphatic carbocycles. The Labute approximate surface area is 106 Å². The Bertz CT molecular complexity index is 478. The van der Waals surface area contributed by atoms with Crippen LogP contribution in [0.4, 0.5) is 0 Å². The summed E-state index contributed by atoms with van der Waals surface area (Å²) in [5.74, 6) is 1.06. The number of nitrogens with one attached hydrogen (secondary N) is 1. The van der Waals surface area contributed by atoms with Crippen LogP contribution in [-0.4, -0.2) is 20.9 Å². The average Bonchev–Trinajstić information content (AvgIpc) is 2.78. The molecule has 0 atom stereocenters. The van der Waals surface area contributed by atoms with Gasteiger partial charge in [0.15, 0.2) is 0 Å². The molecule has 0 aliphatic rings. The van der Waals surface area contributed by atoms with Gasteiger partial charge < -0.3 is 0 Å². The van der Waals surface area contributed by atoms with Crippen molar-refractivity contribution in [3.8, 4) is 0 Å². The van der Waals surface area contributed by atoms with Crippen LogP contribution in [0.5, 0.6) is 0 Å². The lowest BCUT2D eigenvalue weighted by Crippen LogP contribution is -1.94. The number of thioether (sulfide) groups is 1. The van der Waals surface area contributed by atoms with E-state index in [9.17, 15) is 0 Å². The van der Waals surface area contributed by atoms with Crippen LogP contribution in [0.2, 0.25) is 0 Å². The summed E-state index contributed by atoms with van der Waals surface area (Å²) in [6, 6.07) is 2.12. The number of hydrogen-bond acceptors (Lipinski definition) is 3. The number of nitrogens with zero attached hydrogens (tertiary/aromatic N) is 2. The molecular formula is C13H19N3S. The molecule has 0 spiro atoms. The van der Waals surface area contributed by atoms with E-state index in [1.807, 2.05) is 6.20 Å². The quantitative estimate of drug-likeness (QED) is 0.625. The highest BCUT2D eigenvalue weighted by Crippen LogP contribution is 2.23. The lowest BCUT2D eigenvalue weighted by atomic mass is 10.1. The van der Waals surface area contributed by atoms with Gasteiger partial charge in [-0.25, -0.2) is 4.98 Å². The summed E-state index contributed by atoms with van der Waals surface area (Å²) in [5.41, 5.74) is 2.28. The van der Waals surface area contributed by atoms with Gasteiger partial charge in [0, 0.05) is 5.39 Å². The second kappa shape index (κ2) is 6.05. The number of aryl methyl sites for hydroxylation is 1. The Balaban J connectivity index is 2.26. The van der Waals surface area contributed by atoms with Crippen LogP contribution in [0, 0.1) is 0 Å². The molecule has 0 saturated heterocycles. The van der Waals surface area contributed by atoms with Gasteiger partial charge in [-0.2, -0.15) is 5.10 Å². The maximum absolute atomic E-state index is 4.73. The van der Waals surface area contributed by atoms with Crippen molar-refractivity contribution < 1.29 is 0 Å². The first-order valence-corrected chi connectivity index (χ1v) is 7.29. The standard InChI is InChI=1S/C13H19N3S/c1-3-5-6-7-11-13-10(9-14-16-13)8-12(15-11)17-4-2/h8-9H,3-7H2,1-2H3,(H,14,16). The summed E-state index contributed by atoms with van der Waals surface area (Å²) >= 11 is 1.79. The van der Waals surface area contributed by atoms with Gasteiger partial charge in [-0.05, 0) is 24.7 Å². The van der Waals surface area contributed by atoms with E-state index in [-0.39, 0.29) is 0 Å². The van der Waals surface area contributed by atoms with Crippen molar-refractivity contribution in [1.82, 2.24) is 15.2 Å². The second-order valence-corrected chi connectivity index (χ2v) is 5.42. The van der Waals surface area contributed by atoms with Crippen molar-refractivity contribution in [1.29, 1.82) is 0 Å². The van der Waals surface area contributed by atoms with Crippen molar-refractivity contribution in [2.45, 2.75) is 44.6 Å². The zero-order valence-corrected chi connectivity index (χ0v) is 11.3. The van der Waals surface area contributed by atoms with Crippen LogP contribution >= 0.6 is 11.8 Å². The third-order valence-corrected chi connectivity index (χ3v) is 3.58. The highest BCUT2D eigenvalue weighted by Gasteiger charge is 2.07. The summed E-state index contributed by atoms with van der Waals surface area (Å²) in [5, 5.41) is 9.48. The normalized spacial score (nSPS) is 11.2. The molecule has 0 aromatic carbocycles. The molecule has 0 saturated carbocycles. The molecule has 0 bridgehead atoms. The number of hydrogen-bond donors (Lipinski definition) is 1. The molecule has 0 unspecified atom stereocenters. The maximum atomic E-state index is 4.73. The van der Waals surface area contributed by atoms with Crippen molar-refractivity contribution in [2.24, 2.45) is 0 Å². The van der Waals surface area contributed by atoms with Crippen LogP contribution in [0.25, 0.3) is 10.9 Å². The average molecular weight is 249 g/mol. The first-order chi connectivity index (χ1) is 8.35. The molecule has 3 nitrogen and oxygen atoms in total. The number of fused-ring (bicyclic) bond motifs is 1. The molecule has 1 N–H and O–H groups in total. The van der Waals surface area contributed by atoms with Crippen LogP contribution in [0.1, 0.15) is 38.8 Å². The minimum absolute atomic E-state index is 1.05. The number of rotatable bonds is 6. The van der Waals surface area contributed by atoms with Crippen molar-refractivity contribution in [3.63, 3.8) is 0 Å². The molecule has 0 radical (unpaired) electrons. The van der Waals surface area contributed by atoms with E-state index in [0.29, 0.717) is 0 Å². The molecule has 2 rings (SSSR count). The fourth-order valence-electron chi connectivity index (χ4n) is 1.94. The minimum atomic E-state index is 1.05. The lowest BCUT2D eigenvalue weighted by Gasteiger charge is -2.05. The molecule has 2 heterocycles. The molecule has 2 aromatic rings. The number of aromatic nitrogens is 3. The van der Waals surface area contributed by atoms with Gasteiger partial charge in [0.1, 0.15) is 0 Å². The van der Waals surface area contributed by atoms with Gasteiger partial charge in [0.05, 0.1) is 22.4 Å². The van der Waals surface area contributed by atoms with E-state index in [1.54, 1.807) is 11.8 Å². The Morgan fingerprint density at radius 2 is 2.18 bits per heavy atom. The van der Waals surface area contributed by atoms with E-state index in [1.165, 1.54) is 30.3 Å². The lowest BCUT2D eigenvalue weighted by molar-refractivity contribution is 0.706. The fraction of sp³-hybridized carbons (Fsp3) is 0.538. The molecule has 4 heteroatoms. The molecular weight excluding hydrogens is 230 g/mol. The molecule has 2 aromatic heterocycles. The number of H-pyrrole nitrogens is 1. The van der Waals surface area contributed by atoms with E-state index in [2.05, 4.69) is 30.1 Å². The van der Waals surface area contributed by atoms with Crippen molar-refractivity contribution in [3.05, 3.63) is 18.0 Å². The Hall–Kier alpha value is -1.03. The number of aromatic amines is 1. The van der Waals surface area contributed by atoms with E-state index >= 15 is 0 Å². The summed E-state index contributed by atoms with van der Waals surface area (Å²) in [6.45, 7) is 4.38. The maximum Gasteiger partial charge on any atom is 0.0971 e. The summed E-state index contributed by atoms with van der Waals surface area (Å²) in [4.78, 5) is 4.73. The highest BCUT2D eigenvalue weighted by atomic mass is 32.2. The molecule has 92 valence electrons. The van der Waals surface area contributed by atoms with Gasteiger partial charge in [0.2, 0.25) is 0 Å². The van der Waals surface area contributed by atoms with Gasteiger partial charge in [-0.1, -0.05) is 26.7 Å². The fourth-order valence-corrected chi connectivity index (χ4v) is 2.62.